The second-order valence-electron chi connectivity index (χ2n) is 6.15. The highest BCUT2D eigenvalue weighted by atomic mass is 19.4. The normalized spacial score (nSPS) is 12.1. The van der Waals surface area contributed by atoms with Gasteiger partial charge in [-0.2, -0.15) is 13.2 Å². The molecule has 0 fully saturated rings. The number of pyridine rings is 1. The Morgan fingerprint density at radius 2 is 2.07 bits per heavy atom. The van der Waals surface area contributed by atoms with Crippen molar-refractivity contribution in [3.63, 3.8) is 0 Å². The molecule has 0 spiro atoms. The molecule has 3 aromatic rings. The molecule has 2 aromatic heterocycles. The van der Waals surface area contributed by atoms with Crippen LogP contribution in [0.3, 0.4) is 0 Å². The summed E-state index contributed by atoms with van der Waals surface area (Å²) >= 11 is 0. The minimum Gasteiger partial charge on any atom is -0.399 e. The van der Waals surface area contributed by atoms with Gasteiger partial charge in [0.25, 0.3) is 0 Å². The molecule has 29 heavy (non-hydrogen) atoms. The average Bonchev–Trinajstić information content (AvgIpc) is 3.09. The summed E-state index contributed by atoms with van der Waals surface area (Å²) in [6.07, 6.45) is -0.969. The number of alkyl halides is 3. The smallest absolute Gasteiger partial charge is 0.399 e. The van der Waals surface area contributed by atoms with Crippen molar-refractivity contribution >= 4 is 23.1 Å². The first-order valence-corrected chi connectivity index (χ1v) is 8.54. The van der Waals surface area contributed by atoms with Gasteiger partial charge in [0.1, 0.15) is 19.3 Å². The van der Waals surface area contributed by atoms with Gasteiger partial charge in [-0.1, -0.05) is 17.3 Å². The maximum Gasteiger partial charge on any atom is 0.405 e. The number of nitrogens with zero attached hydrogens (tertiary/aromatic N) is 3. The zero-order valence-electron chi connectivity index (χ0n) is 15.6. The topological polar surface area (TPSA) is 80.0 Å². The molecule has 10 heteroatoms. The van der Waals surface area contributed by atoms with Crippen LogP contribution in [0.15, 0.2) is 53.9 Å². The second-order valence-corrected chi connectivity index (χ2v) is 6.15. The van der Waals surface area contributed by atoms with Gasteiger partial charge in [-0.05, 0) is 31.2 Å². The van der Waals surface area contributed by atoms with E-state index >= 15 is 0 Å². The van der Waals surface area contributed by atoms with Gasteiger partial charge in [0, 0.05) is 23.0 Å². The Kier molecular flexibility index (Phi) is 5.71. The highest BCUT2D eigenvalue weighted by Crippen LogP contribution is 2.24. The second kappa shape index (κ2) is 8.21. The van der Waals surface area contributed by atoms with Crippen LogP contribution in [-0.2, 0) is 4.84 Å². The molecule has 0 unspecified atom stereocenters. The number of nitrogens with one attached hydrogen (secondary N) is 2. The Hall–Kier alpha value is -3.56. The Morgan fingerprint density at radius 1 is 1.28 bits per heavy atom. The maximum absolute atomic E-state index is 12.2. The molecule has 0 bridgehead atoms. The van der Waals surface area contributed by atoms with Crippen LogP contribution in [0.1, 0.15) is 12.5 Å². The number of rotatable bonds is 5. The van der Waals surface area contributed by atoms with Gasteiger partial charge >= 0.3 is 12.2 Å². The number of fused-ring (bicyclic) bond motifs is 1. The lowest BCUT2D eigenvalue weighted by molar-refractivity contribution is -0.122. The first-order valence-electron chi connectivity index (χ1n) is 8.54. The number of hydrogen-bond donors (Lipinski definition) is 2. The molecule has 1 aromatic carbocycles. The summed E-state index contributed by atoms with van der Waals surface area (Å²) in [6, 6.07) is 9.53. The summed E-state index contributed by atoms with van der Waals surface area (Å²) in [7, 11) is 1.47. The Balaban J connectivity index is 1.82. The summed E-state index contributed by atoms with van der Waals surface area (Å²) in [5.74, 6) is 0. The minimum absolute atomic E-state index is 0.358. The molecule has 0 radical (unpaired) electrons. The summed E-state index contributed by atoms with van der Waals surface area (Å²) in [4.78, 5) is 20.8. The molecule has 152 valence electrons. The molecule has 0 saturated heterocycles. The average molecular weight is 405 g/mol. The van der Waals surface area contributed by atoms with Crippen LogP contribution in [0.5, 0.6) is 0 Å². The van der Waals surface area contributed by atoms with E-state index in [9.17, 15) is 18.0 Å². The van der Waals surface area contributed by atoms with Gasteiger partial charge in [-0.25, -0.2) is 9.78 Å². The lowest BCUT2D eigenvalue weighted by Gasteiger charge is -2.11. The van der Waals surface area contributed by atoms with Crippen LogP contribution in [0.4, 0.5) is 23.7 Å². The van der Waals surface area contributed by atoms with Crippen LogP contribution in [0, 0.1) is 0 Å². The highest BCUT2D eigenvalue weighted by Gasteiger charge is 2.27. The van der Waals surface area contributed by atoms with Gasteiger partial charge in [0.2, 0.25) is 0 Å². The van der Waals surface area contributed by atoms with Crippen LogP contribution < -0.4 is 10.6 Å². The van der Waals surface area contributed by atoms with Gasteiger partial charge < -0.3 is 15.5 Å². The van der Waals surface area contributed by atoms with Crippen molar-refractivity contribution in [1.29, 1.82) is 0 Å². The van der Waals surface area contributed by atoms with Crippen LogP contribution in [0.2, 0.25) is 0 Å². The summed E-state index contributed by atoms with van der Waals surface area (Å²) in [5.41, 5.74) is 4.10. The number of benzene rings is 1. The fraction of sp³-hybridized carbons (Fsp3) is 0.211. The number of oxime groups is 1. The molecule has 0 aliphatic heterocycles. The first-order chi connectivity index (χ1) is 13.8. The maximum atomic E-state index is 12.2. The molecule has 0 saturated carbocycles. The van der Waals surface area contributed by atoms with E-state index < -0.39 is 18.8 Å². The van der Waals surface area contributed by atoms with Crippen molar-refractivity contribution in [2.75, 3.05) is 19.0 Å². The van der Waals surface area contributed by atoms with E-state index in [-0.39, 0.29) is 0 Å². The third-order valence-electron chi connectivity index (χ3n) is 4.02. The minimum atomic E-state index is -4.47. The number of aromatic nitrogens is 2. The molecule has 2 heterocycles. The zero-order valence-corrected chi connectivity index (χ0v) is 15.6. The molecule has 0 atom stereocenters. The lowest BCUT2D eigenvalue weighted by Crippen LogP contribution is -2.36. The third-order valence-corrected chi connectivity index (χ3v) is 4.02. The number of halogens is 3. The predicted molar refractivity (Wildman–Crippen MR) is 103 cm³/mol. The Labute approximate surface area is 164 Å². The summed E-state index contributed by atoms with van der Waals surface area (Å²) < 4.78 is 38.5. The van der Waals surface area contributed by atoms with E-state index in [2.05, 4.69) is 15.5 Å². The van der Waals surface area contributed by atoms with Crippen molar-refractivity contribution in [1.82, 2.24) is 14.7 Å². The SMILES string of the molecule is CO/N=C(\C)c1ccn2c(-c3cccc(NC(=O)NCC(F)(F)F)c3)cnc2c1. The van der Waals surface area contributed by atoms with Crippen molar-refractivity contribution in [3.05, 3.63) is 54.4 Å². The van der Waals surface area contributed by atoms with Crippen molar-refractivity contribution in [2.24, 2.45) is 5.16 Å². The van der Waals surface area contributed by atoms with Gasteiger partial charge in [0.15, 0.2) is 0 Å². The van der Waals surface area contributed by atoms with Crippen LogP contribution in [0.25, 0.3) is 16.9 Å². The largest absolute Gasteiger partial charge is 0.405 e. The molecular formula is C19H18F3N5O2. The fourth-order valence-corrected chi connectivity index (χ4v) is 2.72. The Bertz CT molecular complexity index is 1060. The number of urea groups is 1. The summed E-state index contributed by atoms with van der Waals surface area (Å²) in [6.45, 7) is 0.415. The first kappa shape index (κ1) is 20.2. The standard InChI is InChI=1S/C19H18F3N5O2/c1-12(26-29-2)13-6-7-27-16(10-23-17(27)9-13)14-4-3-5-15(8-14)25-18(28)24-11-19(20,21)22/h3-10H,11H2,1-2H3,(H2,24,25,28)/b26-12+. The van der Waals surface area contributed by atoms with Gasteiger partial charge in [-0.3, -0.25) is 4.40 Å². The van der Waals surface area contributed by atoms with E-state index in [0.29, 0.717) is 17.0 Å². The molecule has 0 aliphatic rings. The number of carbonyl (C=O) groups excluding carboxylic acids is 1. The molecule has 2 amide bonds. The molecule has 7 nitrogen and oxygen atoms in total. The number of anilines is 1. The third kappa shape index (κ3) is 5.03. The molecule has 2 N–H and O–H groups in total. The molecule has 0 aliphatic carbocycles. The van der Waals surface area contributed by atoms with E-state index in [1.807, 2.05) is 35.7 Å². The van der Waals surface area contributed by atoms with E-state index in [0.717, 1.165) is 16.8 Å². The lowest BCUT2D eigenvalue weighted by atomic mass is 10.1. The number of imidazole rings is 1. The van der Waals surface area contributed by atoms with E-state index in [1.165, 1.54) is 7.11 Å². The highest BCUT2D eigenvalue weighted by molar-refractivity contribution is 5.99. The van der Waals surface area contributed by atoms with Crippen molar-refractivity contribution < 1.29 is 22.8 Å². The van der Waals surface area contributed by atoms with Crippen LogP contribution >= 0.6 is 0 Å². The van der Waals surface area contributed by atoms with Crippen LogP contribution in [-0.4, -0.2) is 41.0 Å². The van der Waals surface area contributed by atoms with E-state index in [4.69, 9.17) is 4.84 Å². The molecule has 3 rings (SSSR count). The quantitative estimate of drug-likeness (QED) is 0.496. The predicted octanol–water partition coefficient (Wildman–Crippen LogP) is 4.06. The number of carbonyl (C=O) groups is 1. The van der Waals surface area contributed by atoms with Gasteiger partial charge in [-0.15, -0.1) is 0 Å². The fourth-order valence-electron chi connectivity index (χ4n) is 2.72. The van der Waals surface area contributed by atoms with Crippen molar-refractivity contribution in [2.45, 2.75) is 13.1 Å². The Morgan fingerprint density at radius 3 is 2.79 bits per heavy atom. The van der Waals surface area contributed by atoms with E-state index in [1.54, 1.807) is 29.7 Å². The van der Waals surface area contributed by atoms with Gasteiger partial charge in [0.05, 0.1) is 17.6 Å². The zero-order chi connectivity index (χ0) is 21.0. The molecular weight excluding hydrogens is 387 g/mol. The number of hydrogen-bond acceptors (Lipinski definition) is 4. The number of amides is 2. The summed E-state index contributed by atoms with van der Waals surface area (Å²) in [5, 5.41) is 8.06. The van der Waals surface area contributed by atoms with Crippen molar-refractivity contribution in [3.8, 4) is 11.3 Å². The monoisotopic (exact) mass is 405 g/mol.